The summed E-state index contributed by atoms with van der Waals surface area (Å²) in [4.78, 5) is 15.2. The van der Waals surface area contributed by atoms with Gasteiger partial charge in [0.15, 0.2) is 0 Å². The van der Waals surface area contributed by atoms with Gasteiger partial charge < -0.3 is 14.5 Å². The summed E-state index contributed by atoms with van der Waals surface area (Å²) in [5.41, 5.74) is 0.623. The zero-order valence-electron chi connectivity index (χ0n) is 11.0. The number of urea groups is 1. The third-order valence-electron chi connectivity index (χ3n) is 3.13. The minimum absolute atomic E-state index is 0.0957. The van der Waals surface area contributed by atoms with E-state index < -0.39 is 0 Å². The smallest absolute Gasteiger partial charge is 0.319 e. The Balaban J connectivity index is 1.69. The van der Waals surface area contributed by atoms with E-state index in [0.717, 1.165) is 31.8 Å². The van der Waals surface area contributed by atoms with E-state index in [4.69, 9.17) is 10.00 Å². The predicted molar refractivity (Wildman–Crippen MR) is 70.9 cm³/mol. The number of nitriles is 1. The topological polar surface area (TPSA) is 56.6 Å². The van der Waals surface area contributed by atoms with Crippen molar-refractivity contribution in [2.45, 2.75) is 6.42 Å². The van der Waals surface area contributed by atoms with Crippen LogP contribution in [0, 0.1) is 11.3 Å². The van der Waals surface area contributed by atoms with Gasteiger partial charge in [-0.1, -0.05) is 0 Å². The van der Waals surface area contributed by atoms with Crippen molar-refractivity contribution in [1.82, 2.24) is 9.80 Å². The molecule has 0 aromatic heterocycles. The molecule has 1 aliphatic rings. The molecule has 1 heterocycles. The predicted octanol–water partition coefficient (Wildman–Crippen LogP) is 1.69. The van der Waals surface area contributed by atoms with Gasteiger partial charge in [-0.15, -0.1) is 0 Å². The van der Waals surface area contributed by atoms with Gasteiger partial charge in [-0.2, -0.15) is 5.26 Å². The van der Waals surface area contributed by atoms with Crippen molar-refractivity contribution >= 4 is 6.03 Å². The number of ether oxygens (including phenoxy) is 1. The molecule has 0 aliphatic carbocycles. The van der Waals surface area contributed by atoms with Crippen LogP contribution in [0.5, 0.6) is 5.75 Å². The summed E-state index contributed by atoms with van der Waals surface area (Å²) in [7, 11) is 1.82. The number of carbonyl (C=O) groups excluding carboxylic acids is 1. The van der Waals surface area contributed by atoms with Crippen LogP contribution in [0.3, 0.4) is 0 Å². The van der Waals surface area contributed by atoms with Gasteiger partial charge in [0.25, 0.3) is 0 Å². The normalized spacial score (nSPS) is 14.6. The first kappa shape index (κ1) is 13.2. The first-order valence-corrected chi connectivity index (χ1v) is 6.34. The van der Waals surface area contributed by atoms with E-state index in [1.807, 2.05) is 11.9 Å². The summed E-state index contributed by atoms with van der Waals surface area (Å²) in [5, 5.41) is 8.68. The lowest BCUT2D eigenvalue weighted by molar-refractivity contribution is 0.194. The fraction of sp³-hybridized carbons (Fsp3) is 0.429. The Labute approximate surface area is 113 Å². The molecular weight excluding hydrogens is 242 g/mol. The second-order valence-electron chi connectivity index (χ2n) is 4.53. The van der Waals surface area contributed by atoms with Crippen molar-refractivity contribution < 1.29 is 9.53 Å². The first-order valence-electron chi connectivity index (χ1n) is 6.34. The molecule has 2 amide bonds. The Morgan fingerprint density at radius 3 is 2.63 bits per heavy atom. The monoisotopic (exact) mass is 259 g/mol. The zero-order valence-corrected chi connectivity index (χ0v) is 11.0. The number of benzene rings is 1. The number of hydrogen-bond acceptors (Lipinski definition) is 3. The molecule has 5 nitrogen and oxygen atoms in total. The number of likely N-dealkylation sites (N-methyl/N-ethyl adjacent to an activating group) is 1. The average molecular weight is 259 g/mol. The van der Waals surface area contributed by atoms with E-state index in [2.05, 4.69) is 6.07 Å². The number of carbonyl (C=O) groups is 1. The maximum absolute atomic E-state index is 11.6. The highest BCUT2D eigenvalue weighted by atomic mass is 16.5. The van der Waals surface area contributed by atoms with Crippen LogP contribution in [0.2, 0.25) is 0 Å². The lowest BCUT2D eigenvalue weighted by atomic mass is 10.2. The molecule has 100 valence electrons. The fourth-order valence-corrected chi connectivity index (χ4v) is 1.98. The Bertz CT molecular complexity index is 478. The molecule has 1 aliphatic heterocycles. The molecule has 0 N–H and O–H groups in total. The van der Waals surface area contributed by atoms with Crippen molar-refractivity contribution in [2.75, 3.05) is 33.3 Å². The van der Waals surface area contributed by atoms with Gasteiger partial charge in [-0.25, -0.2) is 4.79 Å². The van der Waals surface area contributed by atoms with Gasteiger partial charge in [0.2, 0.25) is 0 Å². The third-order valence-corrected chi connectivity index (χ3v) is 3.13. The fourth-order valence-electron chi connectivity index (χ4n) is 1.98. The zero-order chi connectivity index (χ0) is 13.7. The van der Waals surface area contributed by atoms with Gasteiger partial charge in [-0.3, -0.25) is 0 Å². The summed E-state index contributed by atoms with van der Waals surface area (Å²) in [5.74, 6) is 0.754. The Hall–Kier alpha value is -2.22. The van der Waals surface area contributed by atoms with Crippen molar-refractivity contribution in [1.29, 1.82) is 5.26 Å². The van der Waals surface area contributed by atoms with Crippen LogP contribution >= 0.6 is 0 Å². The standard InChI is InChI=1S/C14H17N3O2/c1-16-8-9-17(14(16)18)7-2-10-19-13-5-3-12(11-15)4-6-13/h3-6H,2,7-10H2,1H3. The Kier molecular flexibility index (Phi) is 4.24. The van der Waals surface area contributed by atoms with Crippen LogP contribution in [0.15, 0.2) is 24.3 Å². The highest BCUT2D eigenvalue weighted by molar-refractivity contribution is 5.76. The SMILES string of the molecule is CN1CCN(CCCOc2ccc(C#N)cc2)C1=O. The summed E-state index contributed by atoms with van der Waals surface area (Å²) >= 11 is 0. The minimum Gasteiger partial charge on any atom is -0.494 e. The first-order chi connectivity index (χ1) is 9.20. The van der Waals surface area contributed by atoms with Crippen molar-refractivity contribution in [3.05, 3.63) is 29.8 Å². The summed E-state index contributed by atoms with van der Waals surface area (Å²) in [6.07, 6.45) is 0.805. The third kappa shape index (κ3) is 3.38. The maximum atomic E-state index is 11.6. The number of rotatable bonds is 5. The van der Waals surface area contributed by atoms with E-state index in [9.17, 15) is 4.79 Å². The van der Waals surface area contributed by atoms with Gasteiger partial charge in [0.05, 0.1) is 18.2 Å². The highest BCUT2D eigenvalue weighted by Crippen LogP contribution is 2.12. The van der Waals surface area contributed by atoms with Crippen molar-refractivity contribution in [3.63, 3.8) is 0 Å². The lowest BCUT2D eigenvalue weighted by Gasteiger charge is -2.15. The molecular formula is C14H17N3O2. The largest absolute Gasteiger partial charge is 0.494 e. The number of nitrogens with zero attached hydrogens (tertiary/aromatic N) is 3. The molecule has 19 heavy (non-hydrogen) atoms. The molecule has 0 radical (unpaired) electrons. The molecule has 1 fully saturated rings. The van der Waals surface area contributed by atoms with Crippen LogP contribution in [-0.2, 0) is 0 Å². The molecule has 1 aromatic rings. The second-order valence-corrected chi connectivity index (χ2v) is 4.53. The molecule has 0 bridgehead atoms. The summed E-state index contributed by atoms with van der Waals surface area (Å²) in [6.45, 7) is 2.89. The molecule has 1 saturated heterocycles. The van der Waals surface area contributed by atoms with Gasteiger partial charge in [-0.05, 0) is 30.7 Å². The van der Waals surface area contributed by atoms with Crippen molar-refractivity contribution in [2.24, 2.45) is 0 Å². The molecule has 5 heteroatoms. The van der Waals surface area contributed by atoms with E-state index in [1.54, 1.807) is 29.2 Å². The van der Waals surface area contributed by atoms with Gasteiger partial charge >= 0.3 is 6.03 Å². The molecule has 0 spiro atoms. The van der Waals surface area contributed by atoms with E-state index in [-0.39, 0.29) is 6.03 Å². The average Bonchev–Trinajstić information content (AvgIpc) is 2.76. The number of amides is 2. The van der Waals surface area contributed by atoms with Crippen LogP contribution in [0.4, 0.5) is 4.79 Å². The van der Waals surface area contributed by atoms with Gasteiger partial charge in [0, 0.05) is 26.7 Å². The Morgan fingerprint density at radius 2 is 2.05 bits per heavy atom. The molecule has 0 unspecified atom stereocenters. The second kappa shape index (κ2) is 6.10. The van der Waals surface area contributed by atoms with Crippen LogP contribution in [-0.4, -0.2) is 49.1 Å². The molecule has 0 saturated carbocycles. The minimum atomic E-state index is 0.0957. The number of hydrogen-bond donors (Lipinski definition) is 0. The molecule has 1 aromatic carbocycles. The van der Waals surface area contributed by atoms with E-state index in [1.165, 1.54) is 0 Å². The lowest BCUT2D eigenvalue weighted by Crippen LogP contribution is -2.30. The maximum Gasteiger partial charge on any atom is 0.319 e. The van der Waals surface area contributed by atoms with E-state index in [0.29, 0.717) is 12.2 Å². The van der Waals surface area contributed by atoms with Crippen LogP contribution in [0.25, 0.3) is 0 Å². The van der Waals surface area contributed by atoms with Crippen molar-refractivity contribution in [3.8, 4) is 11.8 Å². The highest BCUT2D eigenvalue weighted by Gasteiger charge is 2.24. The van der Waals surface area contributed by atoms with Crippen LogP contribution < -0.4 is 4.74 Å². The quantitative estimate of drug-likeness (QED) is 0.756. The summed E-state index contributed by atoms with van der Waals surface area (Å²) in [6, 6.07) is 9.19. The van der Waals surface area contributed by atoms with E-state index >= 15 is 0 Å². The van der Waals surface area contributed by atoms with Crippen LogP contribution in [0.1, 0.15) is 12.0 Å². The molecule has 0 atom stereocenters. The summed E-state index contributed by atoms with van der Waals surface area (Å²) < 4.78 is 5.57. The Morgan fingerprint density at radius 1 is 1.32 bits per heavy atom. The molecule has 2 rings (SSSR count). The van der Waals surface area contributed by atoms with Gasteiger partial charge in [0.1, 0.15) is 5.75 Å².